The molecule has 4 heterocycles. The van der Waals surface area contributed by atoms with Crippen molar-refractivity contribution in [2.45, 2.75) is 68.4 Å². The predicted octanol–water partition coefficient (Wildman–Crippen LogP) is 5.17. The smallest absolute Gasteiger partial charge is 0.236 e. The number of thiophene rings is 1. The van der Waals surface area contributed by atoms with Gasteiger partial charge in [-0.1, -0.05) is 31.0 Å². The van der Waals surface area contributed by atoms with E-state index < -0.39 is 0 Å². The van der Waals surface area contributed by atoms with Gasteiger partial charge in [-0.15, -0.1) is 21.5 Å². The molecule has 1 saturated carbocycles. The molecule has 1 aliphatic carbocycles. The Morgan fingerprint density at radius 1 is 1.27 bits per heavy atom. The van der Waals surface area contributed by atoms with E-state index in [-0.39, 0.29) is 11.2 Å². The molecule has 0 N–H and O–H groups in total. The van der Waals surface area contributed by atoms with Crippen LogP contribution >= 0.6 is 23.1 Å². The summed E-state index contributed by atoms with van der Waals surface area (Å²) in [6.45, 7) is 3.50. The molecule has 0 spiro atoms. The SMILES string of the molecule is CC(Sc1nnc(-c2ccco2)n1C1CCCCC1)C(=O)N1CCc2sccc2C1. The van der Waals surface area contributed by atoms with Crippen LogP contribution in [0.4, 0.5) is 0 Å². The summed E-state index contributed by atoms with van der Waals surface area (Å²) < 4.78 is 7.85. The second-order valence-corrected chi connectivity index (χ2v) is 10.4. The van der Waals surface area contributed by atoms with E-state index in [1.807, 2.05) is 24.0 Å². The number of hydrogen-bond donors (Lipinski definition) is 0. The Bertz CT molecular complexity index is 1000. The van der Waals surface area contributed by atoms with E-state index in [9.17, 15) is 4.79 Å². The van der Waals surface area contributed by atoms with Crippen molar-refractivity contribution in [1.29, 1.82) is 0 Å². The molecule has 2 aliphatic rings. The minimum Gasteiger partial charge on any atom is -0.461 e. The lowest BCUT2D eigenvalue weighted by Gasteiger charge is -2.29. The number of carbonyl (C=O) groups excluding carboxylic acids is 1. The van der Waals surface area contributed by atoms with Gasteiger partial charge in [0.15, 0.2) is 10.9 Å². The third-order valence-corrected chi connectivity index (χ3v) is 8.16. The molecular formula is C22H26N4O2S2. The lowest BCUT2D eigenvalue weighted by Crippen LogP contribution is -2.39. The Kier molecular flexibility index (Phi) is 5.69. The van der Waals surface area contributed by atoms with Crippen LogP contribution in [-0.4, -0.2) is 37.4 Å². The fourth-order valence-electron chi connectivity index (χ4n) is 4.50. The number of amides is 1. The molecule has 1 amide bonds. The number of carbonyl (C=O) groups is 1. The predicted molar refractivity (Wildman–Crippen MR) is 119 cm³/mol. The Balaban J connectivity index is 1.37. The van der Waals surface area contributed by atoms with Crippen LogP contribution in [0.2, 0.25) is 0 Å². The monoisotopic (exact) mass is 442 g/mol. The fraction of sp³-hybridized carbons (Fsp3) is 0.500. The molecule has 0 aromatic carbocycles. The Morgan fingerprint density at radius 3 is 2.93 bits per heavy atom. The van der Waals surface area contributed by atoms with Crippen LogP contribution in [0, 0.1) is 0 Å². The number of hydrogen-bond acceptors (Lipinski definition) is 6. The zero-order chi connectivity index (χ0) is 20.5. The summed E-state index contributed by atoms with van der Waals surface area (Å²) in [5.41, 5.74) is 1.29. The molecular weight excluding hydrogens is 416 g/mol. The maximum absolute atomic E-state index is 13.2. The lowest BCUT2D eigenvalue weighted by molar-refractivity contribution is -0.131. The number of rotatable bonds is 5. The van der Waals surface area contributed by atoms with Crippen molar-refractivity contribution in [2.24, 2.45) is 0 Å². The third-order valence-electron chi connectivity index (χ3n) is 6.10. The topological polar surface area (TPSA) is 64.2 Å². The van der Waals surface area contributed by atoms with Gasteiger partial charge in [-0.3, -0.25) is 9.36 Å². The van der Waals surface area contributed by atoms with Crippen LogP contribution in [0.3, 0.4) is 0 Å². The summed E-state index contributed by atoms with van der Waals surface area (Å²) in [6, 6.07) is 6.32. The molecule has 1 aliphatic heterocycles. The summed E-state index contributed by atoms with van der Waals surface area (Å²) in [4.78, 5) is 16.6. The second kappa shape index (κ2) is 8.59. The molecule has 158 valence electrons. The zero-order valence-electron chi connectivity index (χ0n) is 17.1. The fourth-order valence-corrected chi connectivity index (χ4v) is 6.39. The Hall–Kier alpha value is -2.06. The van der Waals surface area contributed by atoms with Crippen molar-refractivity contribution in [3.63, 3.8) is 0 Å². The number of aromatic nitrogens is 3. The first-order valence-electron chi connectivity index (χ1n) is 10.7. The summed E-state index contributed by atoms with van der Waals surface area (Å²) in [5, 5.41) is 11.7. The molecule has 1 atom stereocenters. The van der Waals surface area contributed by atoms with Crippen LogP contribution < -0.4 is 0 Å². The van der Waals surface area contributed by atoms with E-state index in [0.29, 0.717) is 6.04 Å². The lowest BCUT2D eigenvalue weighted by atomic mass is 9.95. The highest BCUT2D eigenvalue weighted by Crippen LogP contribution is 2.37. The van der Waals surface area contributed by atoms with Crippen molar-refractivity contribution in [3.8, 4) is 11.6 Å². The molecule has 8 heteroatoms. The van der Waals surface area contributed by atoms with Crippen molar-refractivity contribution < 1.29 is 9.21 Å². The van der Waals surface area contributed by atoms with Crippen LogP contribution in [0.15, 0.2) is 39.4 Å². The Labute approximate surface area is 184 Å². The summed E-state index contributed by atoms with van der Waals surface area (Å²) in [7, 11) is 0. The van der Waals surface area contributed by atoms with E-state index in [2.05, 4.69) is 26.2 Å². The molecule has 1 fully saturated rings. The highest BCUT2D eigenvalue weighted by molar-refractivity contribution is 8.00. The maximum Gasteiger partial charge on any atom is 0.236 e. The minimum atomic E-state index is -0.207. The van der Waals surface area contributed by atoms with E-state index >= 15 is 0 Å². The van der Waals surface area contributed by atoms with Gasteiger partial charge >= 0.3 is 0 Å². The molecule has 30 heavy (non-hydrogen) atoms. The quantitative estimate of drug-likeness (QED) is 0.510. The molecule has 3 aromatic rings. The Morgan fingerprint density at radius 2 is 2.13 bits per heavy atom. The van der Waals surface area contributed by atoms with Crippen molar-refractivity contribution in [2.75, 3.05) is 6.54 Å². The summed E-state index contributed by atoms with van der Waals surface area (Å²) in [6.07, 6.45) is 8.58. The minimum absolute atomic E-state index is 0.176. The van der Waals surface area contributed by atoms with Gasteiger partial charge in [0.05, 0.1) is 11.5 Å². The number of fused-ring (bicyclic) bond motifs is 1. The first-order valence-corrected chi connectivity index (χ1v) is 12.5. The van der Waals surface area contributed by atoms with E-state index in [4.69, 9.17) is 4.42 Å². The summed E-state index contributed by atoms with van der Waals surface area (Å²) in [5.74, 6) is 1.68. The number of nitrogens with zero attached hydrogens (tertiary/aromatic N) is 4. The van der Waals surface area contributed by atoms with E-state index in [0.717, 1.165) is 49.1 Å². The number of furan rings is 1. The van der Waals surface area contributed by atoms with Crippen molar-refractivity contribution in [3.05, 3.63) is 40.3 Å². The van der Waals surface area contributed by atoms with Gasteiger partial charge in [0.1, 0.15) is 0 Å². The highest BCUT2D eigenvalue weighted by Gasteiger charge is 2.30. The van der Waals surface area contributed by atoms with Gasteiger partial charge in [-0.25, -0.2) is 0 Å². The molecule has 3 aromatic heterocycles. The molecule has 0 bridgehead atoms. The second-order valence-electron chi connectivity index (χ2n) is 8.08. The van der Waals surface area contributed by atoms with Gasteiger partial charge in [0, 0.05) is 24.0 Å². The maximum atomic E-state index is 13.2. The van der Waals surface area contributed by atoms with Crippen LogP contribution in [0.1, 0.15) is 55.5 Å². The van der Waals surface area contributed by atoms with Crippen LogP contribution in [0.5, 0.6) is 0 Å². The van der Waals surface area contributed by atoms with E-state index in [1.165, 1.54) is 41.5 Å². The molecule has 1 unspecified atom stereocenters. The van der Waals surface area contributed by atoms with Crippen LogP contribution in [-0.2, 0) is 17.8 Å². The zero-order valence-corrected chi connectivity index (χ0v) is 18.8. The first-order chi connectivity index (χ1) is 14.7. The van der Waals surface area contributed by atoms with Crippen molar-refractivity contribution in [1.82, 2.24) is 19.7 Å². The van der Waals surface area contributed by atoms with E-state index in [1.54, 1.807) is 17.6 Å². The van der Waals surface area contributed by atoms with Crippen LogP contribution in [0.25, 0.3) is 11.6 Å². The summed E-state index contributed by atoms with van der Waals surface area (Å²) >= 11 is 3.32. The normalized spacial score (nSPS) is 18.4. The standard InChI is InChI=1S/C22H26N4O2S2/c1-15(21(27)25-11-9-19-16(14-25)10-13-29-19)30-22-24-23-20(18-8-5-12-28-18)26(22)17-6-3-2-4-7-17/h5,8,10,12-13,15,17H,2-4,6-7,9,11,14H2,1H3. The molecule has 5 rings (SSSR count). The van der Waals surface area contributed by atoms with Crippen molar-refractivity contribution >= 4 is 29.0 Å². The number of thioether (sulfide) groups is 1. The third kappa shape index (κ3) is 3.83. The van der Waals surface area contributed by atoms with Gasteiger partial charge in [0.2, 0.25) is 11.7 Å². The average Bonchev–Trinajstić information content (AvgIpc) is 3.53. The van der Waals surface area contributed by atoms with Gasteiger partial charge in [0.25, 0.3) is 0 Å². The molecule has 0 saturated heterocycles. The highest BCUT2D eigenvalue weighted by atomic mass is 32.2. The van der Waals surface area contributed by atoms with Gasteiger partial charge in [-0.05, 0) is 55.3 Å². The molecule has 6 nitrogen and oxygen atoms in total. The first kappa shape index (κ1) is 19.9. The average molecular weight is 443 g/mol. The van der Waals surface area contributed by atoms with Gasteiger partial charge in [-0.2, -0.15) is 0 Å². The molecule has 0 radical (unpaired) electrons. The largest absolute Gasteiger partial charge is 0.461 e. The van der Waals surface area contributed by atoms with Gasteiger partial charge < -0.3 is 9.32 Å².